The summed E-state index contributed by atoms with van der Waals surface area (Å²) in [4.78, 5) is 15.9. The second kappa shape index (κ2) is 7.25. The van der Waals surface area contributed by atoms with E-state index in [9.17, 15) is 4.79 Å². The molecular formula is C18H23N3OS. The number of likely N-dealkylation sites (N-methyl/N-ethyl adjacent to an activating group) is 1. The summed E-state index contributed by atoms with van der Waals surface area (Å²) < 4.78 is 0. The van der Waals surface area contributed by atoms with Gasteiger partial charge >= 0.3 is 0 Å². The number of carbonyl (C=O) groups excluding carboxylic acids is 1. The first kappa shape index (κ1) is 16.2. The van der Waals surface area contributed by atoms with Crippen molar-refractivity contribution < 1.29 is 4.79 Å². The summed E-state index contributed by atoms with van der Waals surface area (Å²) >= 11 is 1.70. The van der Waals surface area contributed by atoms with Crippen molar-refractivity contribution in [3.8, 4) is 0 Å². The van der Waals surface area contributed by atoms with Gasteiger partial charge in [0.25, 0.3) is 0 Å². The average molecular weight is 329 g/mol. The third kappa shape index (κ3) is 3.80. The van der Waals surface area contributed by atoms with Crippen molar-refractivity contribution >= 4 is 17.2 Å². The quantitative estimate of drug-likeness (QED) is 0.886. The van der Waals surface area contributed by atoms with E-state index in [1.54, 1.807) is 11.3 Å². The first-order valence-electron chi connectivity index (χ1n) is 8.06. The molecule has 2 unspecified atom stereocenters. The molecule has 1 aromatic carbocycles. The van der Waals surface area contributed by atoms with E-state index in [2.05, 4.69) is 53.5 Å². The third-order valence-electron chi connectivity index (χ3n) is 4.30. The van der Waals surface area contributed by atoms with Gasteiger partial charge in [0.05, 0.1) is 6.54 Å². The van der Waals surface area contributed by atoms with Gasteiger partial charge in [0.2, 0.25) is 5.91 Å². The molecule has 2 aromatic rings. The lowest BCUT2D eigenvalue weighted by Gasteiger charge is -2.23. The lowest BCUT2D eigenvalue weighted by molar-refractivity contribution is -0.133. The number of thiophene rings is 1. The average Bonchev–Trinajstić information content (AvgIpc) is 3.24. The Bertz CT molecular complexity index is 639. The van der Waals surface area contributed by atoms with Gasteiger partial charge in [-0.2, -0.15) is 0 Å². The largest absolute Gasteiger partial charge is 0.336 e. The minimum absolute atomic E-state index is 0.166. The van der Waals surface area contributed by atoms with Crippen LogP contribution in [0.25, 0.3) is 0 Å². The van der Waals surface area contributed by atoms with Gasteiger partial charge in [0.15, 0.2) is 0 Å². The molecule has 122 valence electrons. The Balaban J connectivity index is 1.62. The van der Waals surface area contributed by atoms with E-state index in [0.717, 1.165) is 13.0 Å². The maximum absolute atomic E-state index is 12.8. The summed E-state index contributed by atoms with van der Waals surface area (Å²) in [5.41, 5.74) is 8.91. The Morgan fingerprint density at radius 2 is 2.04 bits per heavy atom. The number of hydrogen-bond donors (Lipinski definition) is 2. The van der Waals surface area contributed by atoms with Crippen molar-refractivity contribution in [2.45, 2.75) is 38.9 Å². The van der Waals surface area contributed by atoms with Crippen molar-refractivity contribution in [2.24, 2.45) is 0 Å². The van der Waals surface area contributed by atoms with Crippen LogP contribution in [0.4, 0.5) is 0 Å². The van der Waals surface area contributed by atoms with Gasteiger partial charge < -0.3 is 4.90 Å². The highest BCUT2D eigenvalue weighted by molar-refractivity contribution is 7.09. The Labute approximate surface area is 141 Å². The van der Waals surface area contributed by atoms with E-state index >= 15 is 0 Å². The number of hydrazine groups is 1. The van der Waals surface area contributed by atoms with Crippen LogP contribution in [-0.4, -0.2) is 23.4 Å². The van der Waals surface area contributed by atoms with E-state index in [-0.39, 0.29) is 18.0 Å². The zero-order chi connectivity index (χ0) is 16.2. The molecule has 0 aliphatic carbocycles. The second-order valence-electron chi connectivity index (χ2n) is 5.97. The SMILES string of the molecule is CCN(Cc1cccs1)C(=O)C1CC(c2ccc(C)cc2)NN1. The second-order valence-corrected chi connectivity index (χ2v) is 7.00. The molecule has 2 N–H and O–H groups in total. The molecule has 0 saturated carbocycles. The van der Waals surface area contributed by atoms with Gasteiger partial charge in [-0.05, 0) is 37.3 Å². The summed E-state index contributed by atoms with van der Waals surface area (Å²) in [6, 6.07) is 12.6. The molecule has 0 bridgehead atoms. The van der Waals surface area contributed by atoms with Crippen LogP contribution in [0.3, 0.4) is 0 Å². The van der Waals surface area contributed by atoms with E-state index in [4.69, 9.17) is 0 Å². The zero-order valence-corrected chi connectivity index (χ0v) is 14.4. The highest BCUT2D eigenvalue weighted by Gasteiger charge is 2.32. The maximum Gasteiger partial charge on any atom is 0.241 e. The molecule has 0 spiro atoms. The summed E-state index contributed by atoms with van der Waals surface area (Å²) in [6.45, 7) is 5.54. The molecule has 1 aromatic heterocycles. The number of benzene rings is 1. The van der Waals surface area contributed by atoms with Crippen LogP contribution in [-0.2, 0) is 11.3 Å². The zero-order valence-electron chi connectivity index (χ0n) is 13.6. The topological polar surface area (TPSA) is 44.4 Å². The molecule has 4 nitrogen and oxygen atoms in total. The van der Waals surface area contributed by atoms with Crippen LogP contribution in [0, 0.1) is 6.92 Å². The van der Waals surface area contributed by atoms with Crippen LogP contribution < -0.4 is 10.9 Å². The van der Waals surface area contributed by atoms with Gasteiger partial charge in [-0.15, -0.1) is 11.3 Å². The Morgan fingerprint density at radius 3 is 2.70 bits per heavy atom. The summed E-state index contributed by atoms with van der Waals surface area (Å²) in [6.07, 6.45) is 0.781. The third-order valence-corrected chi connectivity index (χ3v) is 5.16. The molecule has 1 saturated heterocycles. The highest BCUT2D eigenvalue weighted by atomic mass is 32.1. The van der Waals surface area contributed by atoms with Crippen molar-refractivity contribution in [1.29, 1.82) is 0 Å². The number of hydrogen-bond acceptors (Lipinski definition) is 4. The molecule has 1 amide bonds. The van der Waals surface area contributed by atoms with Gasteiger partial charge in [-0.3, -0.25) is 4.79 Å². The molecule has 1 aliphatic rings. The molecule has 1 fully saturated rings. The number of nitrogens with one attached hydrogen (secondary N) is 2. The lowest BCUT2D eigenvalue weighted by Crippen LogP contribution is -2.45. The molecule has 2 heterocycles. The fourth-order valence-corrected chi connectivity index (χ4v) is 3.61. The van der Waals surface area contributed by atoms with E-state index in [1.165, 1.54) is 16.0 Å². The molecule has 5 heteroatoms. The predicted molar refractivity (Wildman–Crippen MR) is 94.0 cm³/mol. The fraction of sp³-hybridized carbons (Fsp3) is 0.389. The minimum Gasteiger partial charge on any atom is -0.336 e. The standard InChI is InChI=1S/C18H23N3OS/c1-3-21(12-15-5-4-10-23-15)18(22)17-11-16(19-20-17)14-8-6-13(2)7-9-14/h4-10,16-17,19-20H,3,11-12H2,1-2H3. The monoisotopic (exact) mass is 329 g/mol. The smallest absolute Gasteiger partial charge is 0.241 e. The van der Waals surface area contributed by atoms with Crippen LogP contribution in [0.15, 0.2) is 41.8 Å². The minimum atomic E-state index is -0.166. The van der Waals surface area contributed by atoms with Crippen LogP contribution in [0.1, 0.15) is 35.4 Å². The van der Waals surface area contributed by atoms with Crippen molar-refractivity contribution in [3.63, 3.8) is 0 Å². The number of nitrogens with zero attached hydrogens (tertiary/aromatic N) is 1. The number of amides is 1. The normalized spacial score (nSPS) is 20.6. The molecule has 23 heavy (non-hydrogen) atoms. The van der Waals surface area contributed by atoms with Crippen LogP contribution in [0.5, 0.6) is 0 Å². The lowest BCUT2D eigenvalue weighted by atomic mass is 10.0. The van der Waals surface area contributed by atoms with Gasteiger partial charge in [-0.25, -0.2) is 10.9 Å². The van der Waals surface area contributed by atoms with E-state index < -0.39 is 0 Å². The van der Waals surface area contributed by atoms with E-state index in [1.807, 2.05) is 17.9 Å². The predicted octanol–water partition coefficient (Wildman–Crippen LogP) is 3.01. The highest BCUT2D eigenvalue weighted by Crippen LogP contribution is 2.24. The van der Waals surface area contributed by atoms with Crippen LogP contribution >= 0.6 is 11.3 Å². The Kier molecular flexibility index (Phi) is 5.10. The Hall–Kier alpha value is -1.69. The van der Waals surface area contributed by atoms with Gasteiger partial charge in [-0.1, -0.05) is 35.9 Å². The van der Waals surface area contributed by atoms with Crippen LogP contribution in [0.2, 0.25) is 0 Å². The van der Waals surface area contributed by atoms with Crippen molar-refractivity contribution in [2.75, 3.05) is 6.54 Å². The first-order chi connectivity index (χ1) is 11.2. The van der Waals surface area contributed by atoms with Crippen molar-refractivity contribution in [1.82, 2.24) is 15.8 Å². The summed E-state index contributed by atoms with van der Waals surface area (Å²) in [7, 11) is 0. The molecule has 3 rings (SSSR count). The van der Waals surface area contributed by atoms with Gasteiger partial charge in [0, 0.05) is 17.5 Å². The Morgan fingerprint density at radius 1 is 1.26 bits per heavy atom. The van der Waals surface area contributed by atoms with E-state index in [0.29, 0.717) is 6.54 Å². The van der Waals surface area contributed by atoms with Crippen molar-refractivity contribution in [3.05, 3.63) is 57.8 Å². The maximum atomic E-state index is 12.8. The first-order valence-corrected chi connectivity index (χ1v) is 8.94. The number of aryl methyl sites for hydroxylation is 1. The molecular weight excluding hydrogens is 306 g/mol. The summed E-state index contributed by atoms with van der Waals surface area (Å²) in [5.74, 6) is 0.169. The molecule has 0 radical (unpaired) electrons. The molecule has 2 atom stereocenters. The number of rotatable bonds is 5. The summed E-state index contributed by atoms with van der Waals surface area (Å²) in [5, 5.41) is 2.05. The molecule has 1 aliphatic heterocycles. The fourth-order valence-electron chi connectivity index (χ4n) is 2.89. The van der Waals surface area contributed by atoms with Gasteiger partial charge in [0.1, 0.15) is 6.04 Å². The number of carbonyl (C=O) groups is 1.